The Bertz CT molecular complexity index is 1250. The maximum absolute atomic E-state index is 12.8. The predicted octanol–water partition coefficient (Wildman–Crippen LogP) is 5.36. The molecule has 0 radical (unpaired) electrons. The SMILES string of the molecule is O=C(Nc1ccccc1OC(F)F)c1ccc(S(=O)(=O)Nc2cccc(C(F)(F)F)c2)cc1. The fourth-order valence-corrected chi connectivity index (χ4v) is 3.77. The number of alkyl halides is 5. The van der Waals surface area contributed by atoms with E-state index in [9.17, 15) is 35.2 Å². The smallest absolute Gasteiger partial charge is 0.416 e. The first-order valence-electron chi connectivity index (χ1n) is 9.11. The lowest BCUT2D eigenvalue weighted by atomic mass is 10.2. The van der Waals surface area contributed by atoms with E-state index < -0.39 is 34.3 Å². The van der Waals surface area contributed by atoms with Gasteiger partial charge < -0.3 is 10.1 Å². The molecule has 0 saturated heterocycles. The van der Waals surface area contributed by atoms with Crippen molar-refractivity contribution >= 4 is 27.3 Å². The first kappa shape index (κ1) is 24.0. The van der Waals surface area contributed by atoms with Crippen LogP contribution in [-0.2, 0) is 16.2 Å². The quantitative estimate of drug-likeness (QED) is 0.441. The van der Waals surface area contributed by atoms with E-state index in [0.717, 1.165) is 42.5 Å². The van der Waals surface area contributed by atoms with Crippen molar-refractivity contribution in [2.75, 3.05) is 10.0 Å². The Morgan fingerprint density at radius 3 is 2.21 bits per heavy atom. The van der Waals surface area contributed by atoms with Crippen molar-refractivity contribution in [3.05, 3.63) is 83.9 Å². The molecule has 6 nitrogen and oxygen atoms in total. The maximum atomic E-state index is 12.8. The van der Waals surface area contributed by atoms with Gasteiger partial charge in [-0.25, -0.2) is 8.42 Å². The number of ether oxygens (including phenoxy) is 1. The van der Waals surface area contributed by atoms with Crippen LogP contribution in [0.2, 0.25) is 0 Å². The number of rotatable bonds is 7. The average Bonchev–Trinajstić information content (AvgIpc) is 2.74. The number of nitrogens with one attached hydrogen (secondary N) is 2. The number of para-hydroxylation sites is 2. The van der Waals surface area contributed by atoms with Crippen molar-refractivity contribution < 1.29 is 39.9 Å². The van der Waals surface area contributed by atoms with Crippen LogP contribution in [0.3, 0.4) is 0 Å². The molecule has 33 heavy (non-hydrogen) atoms. The zero-order valence-corrected chi connectivity index (χ0v) is 17.3. The summed E-state index contributed by atoms with van der Waals surface area (Å²) in [5.41, 5.74) is -1.33. The second-order valence-corrected chi connectivity index (χ2v) is 8.22. The molecule has 0 aliphatic rings. The van der Waals surface area contributed by atoms with Crippen LogP contribution in [0.25, 0.3) is 0 Å². The molecule has 0 bridgehead atoms. The molecule has 0 aromatic heterocycles. The molecule has 0 fully saturated rings. The van der Waals surface area contributed by atoms with Crippen molar-refractivity contribution in [1.82, 2.24) is 0 Å². The number of hydrogen-bond acceptors (Lipinski definition) is 4. The molecule has 3 rings (SSSR count). The molecule has 12 heteroatoms. The number of benzene rings is 3. The van der Waals surface area contributed by atoms with Crippen LogP contribution in [0.1, 0.15) is 15.9 Å². The van der Waals surface area contributed by atoms with Gasteiger partial charge in [-0.15, -0.1) is 0 Å². The second-order valence-electron chi connectivity index (χ2n) is 6.54. The van der Waals surface area contributed by atoms with Gasteiger partial charge in [0.1, 0.15) is 5.75 Å². The number of hydrogen-bond donors (Lipinski definition) is 2. The van der Waals surface area contributed by atoms with Gasteiger partial charge in [-0.3, -0.25) is 9.52 Å². The summed E-state index contributed by atoms with van der Waals surface area (Å²) in [4.78, 5) is 12.1. The molecule has 1 amide bonds. The molecule has 0 saturated carbocycles. The van der Waals surface area contributed by atoms with E-state index in [-0.39, 0.29) is 27.6 Å². The molecule has 2 N–H and O–H groups in total. The Labute approximate surface area is 185 Å². The predicted molar refractivity (Wildman–Crippen MR) is 110 cm³/mol. The third-order valence-electron chi connectivity index (χ3n) is 4.22. The van der Waals surface area contributed by atoms with Crippen LogP contribution in [0, 0.1) is 0 Å². The fourth-order valence-electron chi connectivity index (χ4n) is 2.72. The lowest BCUT2D eigenvalue weighted by molar-refractivity contribution is -0.137. The van der Waals surface area contributed by atoms with E-state index >= 15 is 0 Å². The van der Waals surface area contributed by atoms with Gasteiger partial charge in [-0.1, -0.05) is 18.2 Å². The van der Waals surface area contributed by atoms with E-state index in [1.54, 1.807) is 0 Å². The summed E-state index contributed by atoms with van der Waals surface area (Å²) in [6.45, 7) is -3.10. The fraction of sp³-hybridized carbons (Fsp3) is 0.0952. The summed E-state index contributed by atoms with van der Waals surface area (Å²) in [6.07, 6.45) is -4.64. The highest BCUT2D eigenvalue weighted by Gasteiger charge is 2.30. The number of carbonyl (C=O) groups is 1. The molecular formula is C21H15F5N2O4S. The van der Waals surface area contributed by atoms with Crippen LogP contribution in [0.5, 0.6) is 5.75 Å². The average molecular weight is 486 g/mol. The van der Waals surface area contributed by atoms with E-state index in [0.29, 0.717) is 6.07 Å². The number of anilines is 2. The van der Waals surface area contributed by atoms with Crippen LogP contribution >= 0.6 is 0 Å². The summed E-state index contributed by atoms with van der Waals surface area (Å²) in [5, 5.41) is 2.38. The highest BCUT2D eigenvalue weighted by atomic mass is 32.2. The molecular weight excluding hydrogens is 471 g/mol. The number of halogens is 5. The monoisotopic (exact) mass is 486 g/mol. The molecule has 174 valence electrons. The minimum absolute atomic E-state index is 0.000122. The van der Waals surface area contributed by atoms with Gasteiger partial charge in [0.25, 0.3) is 15.9 Å². The van der Waals surface area contributed by atoms with E-state index in [2.05, 4.69) is 10.1 Å². The van der Waals surface area contributed by atoms with Gasteiger partial charge >= 0.3 is 12.8 Å². The van der Waals surface area contributed by atoms with E-state index in [4.69, 9.17) is 0 Å². The Morgan fingerprint density at radius 2 is 1.58 bits per heavy atom. The normalized spacial score (nSPS) is 11.8. The van der Waals surface area contributed by atoms with Crippen molar-refractivity contribution in [3.8, 4) is 5.75 Å². The third-order valence-corrected chi connectivity index (χ3v) is 5.62. The van der Waals surface area contributed by atoms with E-state index in [1.165, 1.54) is 24.3 Å². The van der Waals surface area contributed by atoms with Gasteiger partial charge in [0, 0.05) is 11.3 Å². The Hall–Kier alpha value is -3.67. The molecule has 0 spiro atoms. The molecule has 0 heterocycles. The van der Waals surface area contributed by atoms with Gasteiger partial charge in [0.05, 0.1) is 16.1 Å². The molecule has 3 aromatic carbocycles. The molecule has 0 atom stereocenters. The van der Waals surface area contributed by atoms with Crippen molar-refractivity contribution in [1.29, 1.82) is 0 Å². The van der Waals surface area contributed by atoms with Gasteiger partial charge in [0.2, 0.25) is 0 Å². The van der Waals surface area contributed by atoms with Gasteiger partial charge in [-0.05, 0) is 54.6 Å². The zero-order chi connectivity index (χ0) is 24.2. The largest absolute Gasteiger partial charge is 0.433 e. The molecule has 3 aromatic rings. The number of carbonyl (C=O) groups excluding carboxylic acids is 1. The number of amides is 1. The maximum Gasteiger partial charge on any atom is 0.416 e. The van der Waals surface area contributed by atoms with Crippen LogP contribution in [-0.4, -0.2) is 20.9 Å². The summed E-state index contributed by atoms with van der Waals surface area (Å²) < 4.78 is 94.9. The topological polar surface area (TPSA) is 84.5 Å². The lowest BCUT2D eigenvalue weighted by Gasteiger charge is -2.13. The van der Waals surface area contributed by atoms with Gasteiger partial charge in [0.15, 0.2) is 0 Å². The summed E-state index contributed by atoms with van der Waals surface area (Å²) in [6, 6.07) is 13.6. The first-order chi connectivity index (χ1) is 15.5. The first-order valence-corrected chi connectivity index (χ1v) is 10.6. The molecule has 0 unspecified atom stereocenters. The third kappa shape index (κ3) is 6.19. The highest BCUT2D eigenvalue weighted by molar-refractivity contribution is 7.92. The minimum atomic E-state index is -4.64. The minimum Gasteiger partial charge on any atom is -0.433 e. The van der Waals surface area contributed by atoms with Crippen LogP contribution < -0.4 is 14.8 Å². The Morgan fingerprint density at radius 1 is 0.909 bits per heavy atom. The highest BCUT2D eigenvalue weighted by Crippen LogP contribution is 2.31. The number of sulfonamides is 1. The summed E-state index contributed by atoms with van der Waals surface area (Å²) >= 11 is 0. The van der Waals surface area contributed by atoms with E-state index in [1.807, 2.05) is 4.72 Å². The second kappa shape index (κ2) is 9.45. The Kier molecular flexibility index (Phi) is 6.86. The zero-order valence-electron chi connectivity index (χ0n) is 16.4. The summed E-state index contributed by atoms with van der Waals surface area (Å²) in [5.74, 6) is -0.986. The lowest BCUT2D eigenvalue weighted by Crippen LogP contribution is -2.16. The van der Waals surface area contributed by atoms with Crippen molar-refractivity contribution in [2.45, 2.75) is 17.7 Å². The Balaban J connectivity index is 1.75. The molecule has 0 aliphatic heterocycles. The standard InChI is InChI=1S/C21H15F5N2O4S/c22-20(23)32-18-7-2-1-6-17(18)27-19(29)13-8-10-16(11-9-13)33(30,31)28-15-5-3-4-14(12-15)21(24,25)26/h1-12,20,28H,(H,27,29). The van der Waals surface area contributed by atoms with Crippen molar-refractivity contribution in [2.24, 2.45) is 0 Å². The molecule has 0 aliphatic carbocycles. The van der Waals surface area contributed by atoms with Gasteiger partial charge in [-0.2, -0.15) is 22.0 Å². The van der Waals surface area contributed by atoms with Crippen LogP contribution in [0.15, 0.2) is 77.7 Å². The summed E-state index contributed by atoms with van der Waals surface area (Å²) in [7, 11) is -4.25. The van der Waals surface area contributed by atoms with Crippen molar-refractivity contribution in [3.63, 3.8) is 0 Å². The van der Waals surface area contributed by atoms with Crippen LogP contribution in [0.4, 0.5) is 33.3 Å².